The van der Waals surface area contributed by atoms with Crippen molar-refractivity contribution in [3.05, 3.63) is 11.1 Å². The minimum absolute atomic E-state index is 0.0576. The van der Waals surface area contributed by atoms with Crippen LogP contribution in [0.5, 0.6) is 0 Å². The molecule has 0 bridgehead atoms. The SMILES string of the molecule is CCN(CC1CCC1)c1nc(C(C)=O)cs1. The number of aromatic nitrogens is 1. The zero-order chi connectivity index (χ0) is 11.5. The number of hydrogen-bond donors (Lipinski definition) is 0. The number of carbonyl (C=O) groups excluding carboxylic acids is 1. The van der Waals surface area contributed by atoms with Gasteiger partial charge < -0.3 is 4.90 Å². The monoisotopic (exact) mass is 238 g/mol. The highest BCUT2D eigenvalue weighted by Crippen LogP contribution is 2.30. The van der Waals surface area contributed by atoms with E-state index < -0.39 is 0 Å². The molecule has 0 unspecified atom stereocenters. The Morgan fingerprint density at radius 3 is 2.81 bits per heavy atom. The maximum Gasteiger partial charge on any atom is 0.185 e. The zero-order valence-corrected chi connectivity index (χ0v) is 10.7. The summed E-state index contributed by atoms with van der Waals surface area (Å²) in [6.45, 7) is 5.79. The Kier molecular flexibility index (Phi) is 3.59. The van der Waals surface area contributed by atoms with Gasteiger partial charge in [0.15, 0.2) is 10.9 Å². The molecule has 1 aromatic rings. The van der Waals surface area contributed by atoms with Gasteiger partial charge in [-0.25, -0.2) is 4.98 Å². The Labute approximate surface area is 100 Å². The lowest BCUT2D eigenvalue weighted by atomic mass is 9.85. The van der Waals surface area contributed by atoms with E-state index in [4.69, 9.17) is 0 Å². The maximum absolute atomic E-state index is 11.2. The topological polar surface area (TPSA) is 33.2 Å². The standard InChI is InChI=1S/C12H18N2OS/c1-3-14(7-10-5-4-6-10)12-13-11(8-16-12)9(2)15/h8,10H,3-7H2,1-2H3. The molecule has 1 fully saturated rings. The second kappa shape index (κ2) is 4.95. The molecule has 1 aromatic heterocycles. The van der Waals surface area contributed by atoms with E-state index in [0.29, 0.717) is 5.69 Å². The summed E-state index contributed by atoms with van der Waals surface area (Å²) in [7, 11) is 0. The fourth-order valence-electron chi connectivity index (χ4n) is 1.90. The van der Waals surface area contributed by atoms with E-state index in [1.807, 2.05) is 5.38 Å². The second-order valence-corrected chi connectivity index (χ2v) is 5.24. The van der Waals surface area contributed by atoms with Crippen LogP contribution in [0.25, 0.3) is 0 Å². The van der Waals surface area contributed by atoms with Crippen LogP contribution in [0, 0.1) is 5.92 Å². The van der Waals surface area contributed by atoms with E-state index in [1.165, 1.54) is 19.3 Å². The molecule has 0 amide bonds. The van der Waals surface area contributed by atoms with Crippen LogP contribution in [0.3, 0.4) is 0 Å². The van der Waals surface area contributed by atoms with Crippen molar-refractivity contribution in [2.75, 3.05) is 18.0 Å². The van der Waals surface area contributed by atoms with E-state index in [2.05, 4.69) is 16.8 Å². The number of nitrogens with zero attached hydrogens (tertiary/aromatic N) is 2. The minimum atomic E-state index is 0.0576. The summed E-state index contributed by atoms with van der Waals surface area (Å²) in [4.78, 5) is 17.9. The number of rotatable bonds is 5. The predicted molar refractivity (Wildman–Crippen MR) is 67.3 cm³/mol. The Morgan fingerprint density at radius 2 is 2.38 bits per heavy atom. The molecule has 0 radical (unpaired) electrons. The van der Waals surface area contributed by atoms with Crippen molar-refractivity contribution >= 4 is 22.3 Å². The van der Waals surface area contributed by atoms with Crippen molar-refractivity contribution < 1.29 is 4.79 Å². The van der Waals surface area contributed by atoms with Gasteiger partial charge in [-0.15, -0.1) is 11.3 Å². The number of carbonyl (C=O) groups is 1. The van der Waals surface area contributed by atoms with Gasteiger partial charge in [0, 0.05) is 25.4 Å². The molecule has 0 aliphatic heterocycles. The van der Waals surface area contributed by atoms with Crippen LogP contribution in [-0.4, -0.2) is 23.9 Å². The van der Waals surface area contributed by atoms with Gasteiger partial charge in [-0.3, -0.25) is 4.79 Å². The van der Waals surface area contributed by atoms with Crippen LogP contribution in [0.4, 0.5) is 5.13 Å². The van der Waals surface area contributed by atoms with Crippen molar-refractivity contribution in [2.24, 2.45) is 5.92 Å². The van der Waals surface area contributed by atoms with Gasteiger partial charge in [0.2, 0.25) is 0 Å². The Balaban J connectivity index is 2.03. The number of ketones is 1. The Bertz CT molecular complexity index is 371. The van der Waals surface area contributed by atoms with Crippen molar-refractivity contribution in [2.45, 2.75) is 33.1 Å². The molecular weight excluding hydrogens is 220 g/mol. The molecular formula is C12H18N2OS. The minimum Gasteiger partial charge on any atom is -0.348 e. The average molecular weight is 238 g/mol. The van der Waals surface area contributed by atoms with Crippen molar-refractivity contribution in [1.82, 2.24) is 4.98 Å². The van der Waals surface area contributed by atoms with Crippen molar-refractivity contribution in [3.63, 3.8) is 0 Å². The molecule has 1 heterocycles. The van der Waals surface area contributed by atoms with Crippen LogP contribution >= 0.6 is 11.3 Å². The summed E-state index contributed by atoms with van der Waals surface area (Å²) in [6, 6.07) is 0. The van der Waals surface area contributed by atoms with Gasteiger partial charge in [0.05, 0.1) is 0 Å². The van der Waals surface area contributed by atoms with E-state index in [0.717, 1.165) is 24.1 Å². The molecule has 1 aliphatic carbocycles. The summed E-state index contributed by atoms with van der Waals surface area (Å²) < 4.78 is 0. The lowest BCUT2D eigenvalue weighted by Crippen LogP contribution is -2.32. The Morgan fingerprint density at radius 1 is 1.62 bits per heavy atom. The van der Waals surface area contributed by atoms with Crippen LogP contribution in [0.2, 0.25) is 0 Å². The number of thiazole rings is 1. The van der Waals surface area contributed by atoms with Gasteiger partial charge in [0.25, 0.3) is 0 Å². The van der Waals surface area contributed by atoms with Crippen molar-refractivity contribution in [3.8, 4) is 0 Å². The smallest absolute Gasteiger partial charge is 0.185 e. The third-order valence-corrected chi connectivity index (χ3v) is 4.11. The fourth-order valence-corrected chi connectivity index (χ4v) is 2.84. The van der Waals surface area contributed by atoms with E-state index >= 15 is 0 Å². The van der Waals surface area contributed by atoms with Crippen LogP contribution in [-0.2, 0) is 0 Å². The molecule has 0 aromatic carbocycles. The predicted octanol–water partition coefficient (Wildman–Crippen LogP) is 2.97. The molecule has 3 nitrogen and oxygen atoms in total. The third-order valence-electron chi connectivity index (χ3n) is 3.21. The lowest BCUT2D eigenvalue weighted by molar-refractivity contribution is 0.101. The maximum atomic E-state index is 11.2. The highest BCUT2D eigenvalue weighted by Gasteiger charge is 2.21. The van der Waals surface area contributed by atoms with E-state index in [1.54, 1.807) is 18.3 Å². The highest BCUT2D eigenvalue weighted by atomic mass is 32.1. The summed E-state index contributed by atoms with van der Waals surface area (Å²) >= 11 is 1.58. The molecule has 4 heteroatoms. The van der Waals surface area contributed by atoms with E-state index in [9.17, 15) is 4.79 Å². The molecule has 16 heavy (non-hydrogen) atoms. The molecule has 0 N–H and O–H groups in total. The summed E-state index contributed by atoms with van der Waals surface area (Å²) in [5, 5.41) is 2.86. The molecule has 1 saturated carbocycles. The highest BCUT2D eigenvalue weighted by molar-refractivity contribution is 7.13. The van der Waals surface area contributed by atoms with Gasteiger partial charge >= 0.3 is 0 Å². The number of hydrogen-bond acceptors (Lipinski definition) is 4. The van der Waals surface area contributed by atoms with Gasteiger partial charge in [-0.1, -0.05) is 6.42 Å². The van der Waals surface area contributed by atoms with Crippen LogP contribution in [0.15, 0.2) is 5.38 Å². The third kappa shape index (κ3) is 2.43. The van der Waals surface area contributed by atoms with Gasteiger partial charge in [0.1, 0.15) is 5.69 Å². The summed E-state index contributed by atoms with van der Waals surface area (Å²) in [5.41, 5.74) is 0.604. The molecule has 1 aliphatic rings. The molecule has 0 spiro atoms. The summed E-state index contributed by atoms with van der Waals surface area (Å²) in [5.74, 6) is 0.895. The second-order valence-electron chi connectivity index (χ2n) is 4.41. The molecule has 2 rings (SSSR count). The first-order valence-corrected chi connectivity index (χ1v) is 6.80. The first-order valence-electron chi connectivity index (χ1n) is 5.92. The van der Waals surface area contributed by atoms with Crippen molar-refractivity contribution in [1.29, 1.82) is 0 Å². The van der Waals surface area contributed by atoms with Gasteiger partial charge in [-0.2, -0.15) is 0 Å². The molecule has 88 valence electrons. The Hall–Kier alpha value is -0.900. The number of anilines is 1. The van der Waals surface area contributed by atoms with Gasteiger partial charge in [-0.05, 0) is 25.7 Å². The fraction of sp³-hybridized carbons (Fsp3) is 0.667. The van der Waals surface area contributed by atoms with E-state index in [-0.39, 0.29) is 5.78 Å². The van der Waals surface area contributed by atoms with Crippen LogP contribution < -0.4 is 4.90 Å². The zero-order valence-electron chi connectivity index (χ0n) is 9.90. The van der Waals surface area contributed by atoms with Crippen LogP contribution in [0.1, 0.15) is 43.6 Å². The normalized spacial score (nSPS) is 15.9. The molecule has 0 atom stereocenters. The largest absolute Gasteiger partial charge is 0.348 e. The quantitative estimate of drug-likeness (QED) is 0.739. The summed E-state index contributed by atoms with van der Waals surface area (Å²) in [6.07, 6.45) is 4.07. The first-order chi connectivity index (χ1) is 7.70. The number of Topliss-reactive ketones (excluding diaryl/α,β-unsaturated/α-hetero) is 1. The first kappa shape index (κ1) is 11.6. The average Bonchev–Trinajstić information content (AvgIpc) is 2.65. The lowest BCUT2D eigenvalue weighted by Gasteiger charge is -2.31. The molecule has 0 saturated heterocycles.